The zero-order valence-corrected chi connectivity index (χ0v) is 9.44. The van der Waals surface area contributed by atoms with Gasteiger partial charge in [0.1, 0.15) is 0 Å². The van der Waals surface area contributed by atoms with Gasteiger partial charge in [-0.3, -0.25) is 4.68 Å². The third-order valence-corrected chi connectivity index (χ3v) is 2.93. The quantitative estimate of drug-likeness (QED) is 0.802. The lowest BCUT2D eigenvalue weighted by molar-refractivity contribution is 0.0348. The fourth-order valence-corrected chi connectivity index (χ4v) is 2.07. The van der Waals surface area contributed by atoms with Gasteiger partial charge >= 0.3 is 0 Å². The summed E-state index contributed by atoms with van der Waals surface area (Å²) in [5.41, 5.74) is 1.20. The average molecular weight is 209 g/mol. The van der Waals surface area contributed by atoms with Crippen LogP contribution < -0.4 is 5.32 Å². The summed E-state index contributed by atoms with van der Waals surface area (Å²) in [7, 11) is 1.97. The maximum Gasteiger partial charge on any atom is 0.0776 e. The Hall–Kier alpha value is -0.870. The lowest BCUT2D eigenvalue weighted by Gasteiger charge is -2.14. The molecule has 2 atom stereocenters. The molecule has 0 radical (unpaired) electrons. The Bertz CT molecular complexity index is 311. The first-order valence-corrected chi connectivity index (χ1v) is 5.58. The number of nitrogens with one attached hydrogen (secondary N) is 1. The van der Waals surface area contributed by atoms with Crippen LogP contribution in [0.2, 0.25) is 0 Å². The minimum absolute atomic E-state index is 0.335. The van der Waals surface area contributed by atoms with E-state index >= 15 is 0 Å². The highest BCUT2D eigenvalue weighted by Crippen LogP contribution is 2.20. The number of hydrogen-bond donors (Lipinski definition) is 1. The molecule has 1 aliphatic rings. The van der Waals surface area contributed by atoms with E-state index in [0.29, 0.717) is 12.2 Å². The molecule has 2 heterocycles. The van der Waals surface area contributed by atoms with Crippen LogP contribution in [0.1, 0.15) is 18.5 Å². The van der Waals surface area contributed by atoms with Gasteiger partial charge in [0.2, 0.25) is 0 Å². The van der Waals surface area contributed by atoms with E-state index < -0.39 is 0 Å². The third-order valence-electron chi connectivity index (χ3n) is 2.93. The number of rotatable bonds is 4. The van der Waals surface area contributed by atoms with Gasteiger partial charge in [-0.2, -0.15) is 5.10 Å². The average Bonchev–Trinajstić information content (AvgIpc) is 2.79. The SMILES string of the molecule is CNCC1CCC(Cn2nccc2C)O1. The summed E-state index contributed by atoms with van der Waals surface area (Å²) in [6.45, 7) is 3.92. The van der Waals surface area contributed by atoms with E-state index in [9.17, 15) is 0 Å². The Morgan fingerprint density at radius 3 is 3.00 bits per heavy atom. The molecule has 15 heavy (non-hydrogen) atoms. The number of hydrogen-bond acceptors (Lipinski definition) is 3. The molecule has 0 spiro atoms. The topological polar surface area (TPSA) is 39.1 Å². The van der Waals surface area contributed by atoms with Crippen molar-refractivity contribution in [1.82, 2.24) is 15.1 Å². The lowest BCUT2D eigenvalue weighted by Crippen LogP contribution is -2.25. The molecule has 0 saturated carbocycles. The molecule has 1 aromatic heterocycles. The van der Waals surface area contributed by atoms with Crippen molar-refractivity contribution in [2.75, 3.05) is 13.6 Å². The molecule has 1 N–H and O–H groups in total. The molecule has 2 unspecified atom stereocenters. The number of aromatic nitrogens is 2. The van der Waals surface area contributed by atoms with E-state index in [1.807, 2.05) is 24.0 Å². The van der Waals surface area contributed by atoms with Gasteiger partial charge in [0.05, 0.1) is 18.8 Å². The Balaban J connectivity index is 1.85. The molecule has 1 aromatic rings. The van der Waals surface area contributed by atoms with Gasteiger partial charge in [-0.1, -0.05) is 0 Å². The summed E-state index contributed by atoms with van der Waals surface area (Å²) in [5, 5.41) is 7.42. The number of ether oxygens (including phenoxy) is 1. The summed E-state index contributed by atoms with van der Waals surface area (Å²) in [6.07, 6.45) is 4.87. The van der Waals surface area contributed by atoms with Gasteiger partial charge in [0.15, 0.2) is 0 Å². The van der Waals surface area contributed by atoms with Crippen LogP contribution >= 0.6 is 0 Å². The van der Waals surface area contributed by atoms with E-state index in [1.54, 1.807) is 0 Å². The van der Waals surface area contributed by atoms with Crippen molar-refractivity contribution in [3.63, 3.8) is 0 Å². The second kappa shape index (κ2) is 4.77. The van der Waals surface area contributed by atoms with Crippen LogP contribution in [0, 0.1) is 6.92 Å². The molecule has 1 saturated heterocycles. The summed E-state index contributed by atoms with van der Waals surface area (Å²) < 4.78 is 7.93. The van der Waals surface area contributed by atoms with Gasteiger partial charge in [-0.25, -0.2) is 0 Å². The van der Waals surface area contributed by atoms with E-state index in [-0.39, 0.29) is 0 Å². The highest BCUT2D eigenvalue weighted by Gasteiger charge is 2.25. The second-order valence-corrected chi connectivity index (χ2v) is 4.17. The van der Waals surface area contributed by atoms with Gasteiger partial charge in [-0.05, 0) is 32.9 Å². The second-order valence-electron chi connectivity index (χ2n) is 4.17. The molecule has 4 heteroatoms. The smallest absolute Gasteiger partial charge is 0.0776 e. The molecule has 2 rings (SSSR count). The predicted octanol–water partition coefficient (Wildman–Crippen LogP) is 0.959. The van der Waals surface area contributed by atoms with Crippen LogP contribution in [-0.2, 0) is 11.3 Å². The van der Waals surface area contributed by atoms with E-state index in [1.165, 1.54) is 5.69 Å². The van der Waals surface area contributed by atoms with Crippen molar-refractivity contribution in [1.29, 1.82) is 0 Å². The third kappa shape index (κ3) is 2.58. The van der Waals surface area contributed by atoms with Crippen molar-refractivity contribution < 1.29 is 4.74 Å². The van der Waals surface area contributed by atoms with Crippen molar-refractivity contribution in [3.8, 4) is 0 Å². The molecule has 1 fully saturated rings. The van der Waals surface area contributed by atoms with E-state index in [2.05, 4.69) is 17.3 Å². The Kier molecular flexibility index (Phi) is 3.38. The van der Waals surface area contributed by atoms with Crippen LogP contribution in [0.25, 0.3) is 0 Å². The first-order valence-electron chi connectivity index (χ1n) is 5.58. The van der Waals surface area contributed by atoms with Crippen molar-refractivity contribution in [3.05, 3.63) is 18.0 Å². The van der Waals surface area contributed by atoms with Crippen LogP contribution in [0.5, 0.6) is 0 Å². The Morgan fingerprint density at radius 1 is 1.53 bits per heavy atom. The van der Waals surface area contributed by atoms with Crippen molar-refractivity contribution >= 4 is 0 Å². The van der Waals surface area contributed by atoms with Gasteiger partial charge in [0, 0.05) is 18.4 Å². The normalized spacial score (nSPS) is 26.0. The van der Waals surface area contributed by atoms with Gasteiger partial charge in [0.25, 0.3) is 0 Å². The van der Waals surface area contributed by atoms with Gasteiger partial charge < -0.3 is 10.1 Å². The first kappa shape index (κ1) is 10.6. The molecule has 4 nitrogen and oxygen atoms in total. The fourth-order valence-electron chi connectivity index (χ4n) is 2.07. The first-order chi connectivity index (χ1) is 7.29. The zero-order valence-electron chi connectivity index (χ0n) is 9.44. The molecule has 84 valence electrons. The van der Waals surface area contributed by atoms with E-state index in [4.69, 9.17) is 4.74 Å². The molecule has 1 aliphatic heterocycles. The lowest BCUT2D eigenvalue weighted by atomic mass is 10.2. The van der Waals surface area contributed by atoms with Gasteiger partial charge in [-0.15, -0.1) is 0 Å². The zero-order chi connectivity index (χ0) is 10.7. The van der Waals surface area contributed by atoms with Crippen LogP contribution in [0.3, 0.4) is 0 Å². The minimum Gasteiger partial charge on any atom is -0.372 e. The summed E-state index contributed by atoms with van der Waals surface area (Å²) in [4.78, 5) is 0. The summed E-state index contributed by atoms with van der Waals surface area (Å²) >= 11 is 0. The Labute approximate surface area is 90.6 Å². The fraction of sp³-hybridized carbons (Fsp3) is 0.727. The molecular formula is C11H19N3O. The molecule has 0 aliphatic carbocycles. The highest BCUT2D eigenvalue weighted by molar-refractivity contribution is 4.97. The molecule has 0 aromatic carbocycles. The molecule has 0 amide bonds. The summed E-state index contributed by atoms with van der Waals surface area (Å²) in [6, 6.07) is 2.03. The summed E-state index contributed by atoms with van der Waals surface area (Å²) in [5.74, 6) is 0. The van der Waals surface area contributed by atoms with Crippen LogP contribution in [0.4, 0.5) is 0 Å². The number of nitrogens with zero attached hydrogens (tertiary/aromatic N) is 2. The van der Waals surface area contributed by atoms with E-state index in [0.717, 1.165) is 25.9 Å². The predicted molar refractivity (Wildman–Crippen MR) is 58.8 cm³/mol. The maximum atomic E-state index is 5.91. The minimum atomic E-state index is 0.335. The van der Waals surface area contributed by atoms with Crippen molar-refractivity contribution in [2.24, 2.45) is 0 Å². The highest BCUT2D eigenvalue weighted by atomic mass is 16.5. The Morgan fingerprint density at radius 2 is 2.33 bits per heavy atom. The maximum absolute atomic E-state index is 5.91. The van der Waals surface area contributed by atoms with Crippen LogP contribution in [-0.4, -0.2) is 35.6 Å². The van der Waals surface area contributed by atoms with Crippen LogP contribution in [0.15, 0.2) is 12.3 Å². The monoisotopic (exact) mass is 209 g/mol. The van der Waals surface area contributed by atoms with Crippen molar-refractivity contribution in [2.45, 2.75) is 38.5 Å². The standard InChI is InChI=1S/C11H19N3O/c1-9-5-6-13-14(9)8-11-4-3-10(15-11)7-12-2/h5-6,10-12H,3-4,7-8H2,1-2H3. The molecule has 0 bridgehead atoms. The molecular weight excluding hydrogens is 190 g/mol. The number of aryl methyl sites for hydroxylation is 1. The largest absolute Gasteiger partial charge is 0.372 e. The number of likely N-dealkylation sites (N-methyl/N-ethyl adjacent to an activating group) is 1.